The number of likely N-dealkylation sites (N-methyl/N-ethyl adjacent to an activating group) is 1. The Kier molecular flexibility index (Phi) is 9.04. The number of likely N-dealkylation sites (tertiary alicyclic amines) is 1. The van der Waals surface area contributed by atoms with Crippen molar-refractivity contribution in [2.75, 3.05) is 38.5 Å². The second-order valence-electron chi connectivity index (χ2n) is 15.6. The summed E-state index contributed by atoms with van der Waals surface area (Å²) in [5.41, 5.74) is 3.02. The molecule has 5 fully saturated rings. The maximum Gasteiger partial charge on any atom is 0.261 e. The molecule has 1 aromatic heterocycles. The molecule has 6 atom stereocenters. The smallest absolute Gasteiger partial charge is 0.261 e. The van der Waals surface area contributed by atoms with Gasteiger partial charge < -0.3 is 20.4 Å². The van der Waals surface area contributed by atoms with Crippen molar-refractivity contribution in [3.8, 4) is 0 Å². The largest absolute Gasteiger partial charge is 0.350 e. The Morgan fingerprint density at radius 3 is 2.60 bits per heavy atom. The van der Waals surface area contributed by atoms with Gasteiger partial charge in [0.1, 0.15) is 5.82 Å². The number of carbonyl (C=O) groups is 1. The van der Waals surface area contributed by atoms with Gasteiger partial charge in [0.25, 0.3) is 5.56 Å². The third-order valence-corrected chi connectivity index (χ3v) is 12.2. The van der Waals surface area contributed by atoms with Gasteiger partial charge in [-0.15, -0.1) is 0 Å². The molecule has 3 heterocycles. The van der Waals surface area contributed by atoms with Crippen LogP contribution in [0.5, 0.6) is 0 Å². The number of amides is 1. The molecule has 2 aromatic carbocycles. The lowest BCUT2D eigenvalue weighted by molar-refractivity contribution is -0.124. The summed E-state index contributed by atoms with van der Waals surface area (Å²) in [5, 5.41) is 7.98. The number of aromatic nitrogens is 2. The number of aryl methyl sites for hydroxylation is 1. The highest BCUT2D eigenvalue weighted by atomic mass is 35.5. The molecule has 5 aliphatic rings. The number of benzene rings is 2. The highest BCUT2D eigenvalue weighted by Gasteiger charge is 2.56. The Balaban J connectivity index is 1.23. The van der Waals surface area contributed by atoms with E-state index in [4.69, 9.17) is 21.6 Å². The number of aliphatic imine (C=N–C) groups is 1. The number of halogens is 1. The van der Waals surface area contributed by atoms with Gasteiger partial charge in [-0.2, -0.15) is 0 Å². The van der Waals surface area contributed by atoms with Crippen LogP contribution in [0.15, 0.2) is 52.3 Å². The van der Waals surface area contributed by atoms with Crippen molar-refractivity contribution in [1.82, 2.24) is 24.7 Å². The van der Waals surface area contributed by atoms with E-state index in [1.54, 1.807) is 0 Å². The molecule has 2 N–H and O–H groups in total. The van der Waals surface area contributed by atoms with Crippen LogP contribution in [-0.4, -0.2) is 76.5 Å². The van der Waals surface area contributed by atoms with E-state index in [1.165, 1.54) is 6.42 Å². The maximum absolute atomic E-state index is 14.2. The lowest BCUT2D eigenvalue weighted by atomic mass is 9.45. The van der Waals surface area contributed by atoms with Crippen molar-refractivity contribution >= 4 is 40.1 Å². The second kappa shape index (κ2) is 13.1. The van der Waals surface area contributed by atoms with Gasteiger partial charge >= 0.3 is 0 Å². The molecule has 256 valence electrons. The number of nitrogens with zero attached hydrogens (tertiary/aromatic N) is 5. The van der Waals surface area contributed by atoms with Crippen LogP contribution in [0.1, 0.15) is 70.7 Å². The quantitative estimate of drug-likeness (QED) is 0.256. The Morgan fingerprint density at radius 1 is 1.10 bits per heavy atom. The molecule has 8 rings (SSSR count). The van der Waals surface area contributed by atoms with Gasteiger partial charge in [0, 0.05) is 42.3 Å². The molecule has 1 unspecified atom stereocenters. The molecule has 48 heavy (non-hydrogen) atoms. The predicted octanol–water partition coefficient (Wildman–Crippen LogP) is 5.76. The third-order valence-electron chi connectivity index (χ3n) is 11.9. The topological polar surface area (TPSA) is 94.9 Å². The van der Waals surface area contributed by atoms with Crippen LogP contribution in [0.25, 0.3) is 10.9 Å². The first-order valence-electron chi connectivity index (χ1n) is 17.8. The number of piperazine rings is 1. The maximum atomic E-state index is 14.2. The lowest BCUT2D eigenvalue weighted by Gasteiger charge is -2.61. The molecule has 2 bridgehead atoms. The van der Waals surface area contributed by atoms with Gasteiger partial charge in [-0.05, 0) is 112 Å². The molecule has 2 aliphatic heterocycles. The zero-order valence-corrected chi connectivity index (χ0v) is 29.8. The van der Waals surface area contributed by atoms with Crippen molar-refractivity contribution in [2.45, 2.75) is 84.3 Å². The number of hydrogen-bond donors (Lipinski definition) is 2. The molecule has 0 radical (unpaired) electrons. The highest BCUT2D eigenvalue weighted by molar-refractivity contribution is 6.30. The molecule has 3 aromatic rings. The van der Waals surface area contributed by atoms with E-state index in [1.807, 2.05) is 54.0 Å². The highest BCUT2D eigenvalue weighted by Crippen LogP contribution is 2.61. The Bertz CT molecular complexity index is 1770. The summed E-state index contributed by atoms with van der Waals surface area (Å²) in [4.78, 5) is 41.9. The molecule has 9 nitrogen and oxygen atoms in total. The van der Waals surface area contributed by atoms with Gasteiger partial charge in [-0.1, -0.05) is 44.5 Å². The fraction of sp³-hybridized carbons (Fsp3) is 0.579. The van der Waals surface area contributed by atoms with E-state index >= 15 is 0 Å². The molecule has 0 spiro atoms. The molecule has 2 saturated heterocycles. The van der Waals surface area contributed by atoms with Gasteiger partial charge in [0.15, 0.2) is 5.96 Å². The van der Waals surface area contributed by atoms with Crippen molar-refractivity contribution < 1.29 is 4.79 Å². The standard InChI is InChI=1S/C38H50ClN7O2/c1-23-20-45(22-34(47)40-23)37(43-32-18-27-17-31(24(32)2)38(27,3)4)41-29-12-13-30-33(19-29)42-35(26-7-6-15-44(5)21-26)46(36(30)48)16-14-25-8-10-28(39)11-9-25/h8-13,19,23-24,26-27,31-32H,6-7,14-18,20-22H2,1-5H3,(H,40,47)(H,41,43)/t23-,24+,26?,27-,31-,32-/m0/s1. The minimum absolute atomic E-state index is 0.00275. The van der Waals surface area contributed by atoms with E-state index in [0.717, 1.165) is 61.8 Å². The number of nitrogens with one attached hydrogen (secondary N) is 2. The lowest BCUT2D eigenvalue weighted by Crippen LogP contribution is -2.58. The molecular weight excluding hydrogens is 622 g/mol. The van der Waals surface area contributed by atoms with Crippen LogP contribution in [-0.2, 0) is 17.8 Å². The molecule has 10 heteroatoms. The van der Waals surface area contributed by atoms with Crippen molar-refractivity contribution in [1.29, 1.82) is 0 Å². The first-order chi connectivity index (χ1) is 23.0. The number of rotatable bonds is 6. The number of piperidine rings is 1. The Labute approximate surface area is 289 Å². The monoisotopic (exact) mass is 671 g/mol. The summed E-state index contributed by atoms with van der Waals surface area (Å²) in [5.74, 6) is 3.59. The number of fused-ring (bicyclic) bond motifs is 3. The number of carbonyl (C=O) groups excluding carboxylic acids is 1. The summed E-state index contributed by atoms with van der Waals surface area (Å²) < 4.78 is 1.91. The second-order valence-corrected chi connectivity index (χ2v) is 16.0. The summed E-state index contributed by atoms with van der Waals surface area (Å²) in [7, 11) is 2.14. The number of hydrogen-bond acceptors (Lipinski definition) is 5. The fourth-order valence-electron chi connectivity index (χ4n) is 8.98. The van der Waals surface area contributed by atoms with Crippen LogP contribution in [0, 0.1) is 23.2 Å². The van der Waals surface area contributed by atoms with Gasteiger partial charge in [-0.3, -0.25) is 14.2 Å². The summed E-state index contributed by atoms with van der Waals surface area (Å²) in [6.45, 7) is 12.6. The predicted molar refractivity (Wildman–Crippen MR) is 194 cm³/mol. The average molecular weight is 672 g/mol. The van der Waals surface area contributed by atoms with Crippen LogP contribution in [0.3, 0.4) is 0 Å². The van der Waals surface area contributed by atoms with Crippen molar-refractivity contribution in [3.63, 3.8) is 0 Å². The average Bonchev–Trinajstić information content (AvgIpc) is 3.04. The zero-order chi connectivity index (χ0) is 33.7. The molecule has 1 amide bonds. The van der Waals surface area contributed by atoms with E-state index < -0.39 is 0 Å². The number of anilines is 1. The van der Waals surface area contributed by atoms with Gasteiger partial charge in [-0.25, -0.2) is 9.98 Å². The molecule has 3 saturated carbocycles. The Morgan fingerprint density at radius 2 is 1.90 bits per heavy atom. The summed E-state index contributed by atoms with van der Waals surface area (Å²) in [6, 6.07) is 13.9. The number of guanidine groups is 1. The molecular formula is C38H50ClN7O2. The Hall–Kier alpha value is -3.43. The fourth-order valence-corrected chi connectivity index (χ4v) is 9.11. The first-order valence-corrected chi connectivity index (χ1v) is 18.2. The minimum Gasteiger partial charge on any atom is -0.350 e. The normalized spacial score (nSPS) is 29.0. The van der Waals surface area contributed by atoms with E-state index in [9.17, 15) is 9.59 Å². The van der Waals surface area contributed by atoms with Crippen LogP contribution < -0.4 is 16.2 Å². The van der Waals surface area contributed by atoms with Crippen molar-refractivity contribution in [2.24, 2.45) is 28.2 Å². The third kappa shape index (κ3) is 6.48. The SMILES string of the molecule is C[C@H]1[C@@H](N=C(Nc2ccc3c(=O)n(CCc4ccc(Cl)cc4)c(C4CCCN(C)C4)nc3c2)N2CC(=O)N[C@@H](C)C2)C[C@@H]2C[C@@H]1C2(C)C. The van der Waals surface area contributed by atoms with E-state index in [2.05, 4.69) is 48.3 Å². The molecule has 3 aliphatic carbocycles. The van der Waals surface area contributed by atoms with Crippen LogP contribution >= 0.6 is 11.6 Å². The van der Waals surface area contributed by atoms with Gasteiger partial charge in [0.2, 0.25) is 5.91 Å². The van der Waals surface area contributed by atoms with Crippen LogP contribution in [0.2, 0.25) is 5.02 Å². The summed E-state index contributed by atoms with van der Waals surface area (Å²) in [6.07, 6.45) is 5.16. The summed E-state index contributed by atoms with van der Waals surface area (Å²) >= 11 is 6.13. The zero-order valence-electron chi connectivity index (χ0n) is 29.0. The first kappa shape index (κ1) is 33.1. The van der Waals surface area contributed by atoms with Crippen molar-refractivity contribution in [3.05, 3.63) is 69.2 Å². The van der Waals surface area contributed by atoms with Gasteiger partial charge in [0.05, 0.1) is 23.5 Å². The van der Waals surface area contributed by atoms with Crippen LogP contribution in [0.4, 0.5) is 5.69 Å². The van der Waals surface area contributed by atoms with E-state index in [0.29, 0.717) is 52.2 Å². The van der Waals surface area contributed by atoms with E-state index in [-0.39, 0.29) is 36.0 Å². The minimum atomic E-state index is -0.00275.